The molecule has 1 aromatic heterocycles. The van der Waals surface area contributed by atoms with Gasteiger partial charge in [0.25, 0.3) is 0 Å². The lowest BCUT2D eigenvalue weighted by Crippen LogP contribution is -2.32. The first kappa shape index (κ1) is 16.4. The number of hydrogen-bond acceptors (Lipinski definition) is 5. The monoisotopic (exact) mass is 334 g/mol. The Kier molecular flexibility index (Phi) is 4.03. The fraction of sp³-hybridized carbons (Fsp3) is 0.471. The number of aromatic nitrogens is 1. The van der Waals surface area contributed by atoms with Crippen molar-refractivity contribution in [2.24, 2.45) is 5.92 Å². The van der Waals surface area contributed by atoms with E-state index >= 15 is 0 Å². The fourth-order valence-electron chi connectivity index (χ4n) is 2.82. The van der Waals surface area contributed by atoms with Gasteiger partial charge in [0, 0.05) is 5.92 Å². The number of nitrogens with zero attached hydrogens (tertiary/aromatic N) is 1. The summed E-state index contributed by atoms with van der Waals surface area (Å²) in [5, 5.41) is 2.52. The number of carbonyl (C=O) groups excluding carboxylic acids is 2. The van der Waals surface area contributed by atoms with Crippen molar-refractivity contribution < 1.29 is 23.1 Å². The molecule has 7 heteroatoms. The second-order valence-electron chi connectivity index (χ2n) is 6.94. The van der Waals surface area contributed by atoms with E-state index in [1.807, 2.05) is 0 Å². The highest BCUT2D eigenvalue weighted by Crippen LogP contribution is 2.33. The van der Waals surface area contributed by atoms with Crippen molar-refractivity contribution >= 4 is 23.5 Å². The lowest BCUT2D eigenvalue weighted by molar-refractivity contribution is -0.110. The van der Waals surface area contributed by atoms with Gasteiger partial charge in [0.15, 0.2) is 11.4 Å². The first-order valence-corrected chi connectivity index (χ1v) is 7.78. The quantitative estimate of drug-likeness (QED) is 0.873. The van der Waals surface area contributed by atoms with Crippen LogP contribution >= 0.6 is 0 Å². The average Bonchev–Trinajstić information content (AvgIpc) is 3.07. The topological polar surface area (TPSA) is 81.4 Å². The summed E-state index contributed by atoms with van der Waals surface area (Å²) in [4.78, 5) is 26.7. The first-order chi connectivity index (χ1) is 11.3. The highest BCUT2D eigenvalue weighted by molar-refractivity contribution is 5.77. The first-order valence-electron chi connectivity index (χ1n) is 7.78. The van der Waals surface area contributed by atoms with E-state index in [1.54, 1.807) is 26.8 Å². The molecule has 1 amide bonds. The van der Waals surface area contributed by atoms with Crippen LogP contribution in [0.15, 0.2) is 10.5 Å². The van der Waals surface area contributed by atoms with Crippen molar-refractivity contribution in [2.45, 2.75) is 45.8 Å². The Morgan fingerprint density at radius 1 is 1.50 bits per heavy atom. The van der Waals surface area contributed by atoms with Gasteiger partial charge < -0.3 is 19.3 Å². The van der Waals surface area contributed by atoms with Crippen LogP contribution in [0, 0.1) is 11.7 Å². The largest absolute Gasteiger partial charge is 0.444 e. The van der Waals surface area contributed by atoms with Crippen LogP contribution < -0.4 is 5.32 Å². The van der Waals surface area contributed by atoms with Crippen LogP contribution in [0.2, 0.25) is 0 Å². The van der Waals surface area contributed by atoms with Crippen LogP contribution in [0.1, 0.15) is 37.8 Å². The van der Waals surface area contributed by atoms with Gasteiger partial charge in [0.2, 0.25) is 5.89 Å². The summed E-state index contributed by atoms with van der Waals surface area (Å²) in [7, 11) is 0. The number of aldehydes is 1. The smallest absolute Gasteiger partial charge is 0.408 e. The average molecular weight is 334 g/mol. The Balaban J connectivity index is 1.77. The third-order valence-electron chi connectivity index (χ3n) is 3.78. The third-order valence-corrected chi connectivity index (χ3v) is 3.78. The van der Waals surface area contributed by atoms with E-state index in [0.717, 1.165) is 11.8 Å². The molecule has 1 aromatic carbocycles. The van der Waals surface area contributed by atoms with Crippen molar-refractivity contribution in [1.82, 2.24) is 10.3 Å². The van der Waals surface area contributed by atoms with Crippen molar-refractivity contribution in [3.8, 4) is 0 Å². The van der Waals surface area contributed by atoms with Gasteiger partial charge in [-0.2, -0.15) is 0 Å². The summed E-state index contributed by atoms with van der Waals surface area (Å²) in [5.41, 5.74) is 1.15. The van der Waals surface area contributed by atoms with Crippen LogP contribution in [-0.4, -0.2) is 23.0 Å². The molecule has 3 rings (SSSR count). The van der Waals surface area contributed by atoms with E-state index in [4.69, 9.17) is 9.15 Å². The number of carbonyl (C=O) groups is 2. The molecule has 1 unspecified atom stereocenters. The molecule has 2 aromatic rings. The van der Waals surface area contributed by atoms with Crippen LogP contribution in [-0.2, 0) is 28.9 Å². The summed E-state index contributed by atoms with van der Waals surface area (Å²) < 4.78 is 25.1. The minimum absolute atomic E-state index is 0.00463. The number of nitrogens with one attached hydrogen (secondary N) is 1. The number of fused-ring (bicyclic) bond motifs is 2. The Bertz CT molecular complexity index is 807. The molecule has 1 aliphatic rings. The Hall–Kier alpha value is -2.44. The van der Waals surface area contributed by atoms with Gasteiger partial charge >= 0.3 is 6.09 Å². The highest BCUT2D eigenvalue weighted by Gasteiger charge is 2.27. The molecule has 1 N–H and O–H groups in total. The van der Waals surface area contributed by atoms with Gasteiger partial charge in [-0.05, 0) is 50.8 Å². The maximum Gasteiger partial charge on any atom is 0.408 e. The molecule has 0 aliphatic heterocycles. The molecule has 0 saturated heterocycles. The Morgan fingerprint density at radius 2 is 2.25 bits per heavy atom. The Morgan fingerprint density at radius 3 is 2.92 bits per heavy atom. The molecule has 1 aliphatic carbocycles. The van der Waals surface area contributed by atoms with Crippen molar-refractivity contribution in [1.29, 1.82) is 0 Å². The van der Waals surface area contributed by atoms with Crippen LogP contribution in [0.5, 0.6) is 0 Å². The SMILES string of the molecule is CC(C)(C)OC(=O)NCc1nc2cc3c(c(F)c2o1)CC(C=O)C3. The summed E-state index contributed by atoms with van der Waals surface area (Å²) in [6.07, 6.45) is 1.16. The second kappa shape index (κ2) is 5.89. The van der Waals surface area contributed by atoms with Gasteiger partial charge in [0.1, 0.15) is 17.4 Å². The van der Waals surface area contributed by atoms with E-state index in [9.17, 15) is 14.0 Å². The minimum Gasteiger partial charge on any atom is -0.444 e. The predicted molar refractivity (Wildman–Crippen MR) is 84.0 cm³/mol. The molecular weight excluding hydrogens is 315 g/mol. The van der Waals surface area contributed by atoms with Crippen molar-refractivity contribution in [3.05, 3.63) is 28.9 Å². The maximum absolute atomic E-state index is 14.6. The lowest BCUT2D eigenvalue weighted by Gasteiger charge is -2.19. The zero-order chi connectivity index (χ0) is 17.5. The number of oxazole rings is 1. The second-order valence-corrected chi connectivity index (χ2v) is 6.94. The van der Waals surface area contributed by atoms with Crippen LogP contribution in [0.25, 0.3) is 11.1 Å². The van der Waals surface area contributed by atoms with Gasteiger partial charge in [-0.15, -0.1) is 0 Å². The third kappa shape index (κ3) is 3.25. The summed E-state index contributed by atoms with van der Waals surface area (Å²) >= 11 is 0. The van der Waals surface area contributed by atoms with E-state index in [0.29, 0.717) is 23.9 Å². The van der Waals surface area contributed by atoms with Gasteiger partial charge in [-0.1, -0.05) is 0 Å². The number of ether oxygens (including phenoxy) is 1. The molecule has 0 radical (unpaired) electrons. The van der Waals surface area contributed by atoms with E-state index in [2.05, 4.69) is 10.3 Å². The maximum atomic E-state index is 14.6. The highest BCUT2D eigenvalue weighted by atomic mass is 19.1. The summed E-state index contributed by atoms with van der Waals surface area (Å²) in [5.74, 6) is -0.456. The molecule has 0 saturated carbocycles. The number of halogens is 1. The van der Waals surface area contributed by atoms with Crippen molar-refractivity contribution in [2.75, 3.05) is 0 Å². The normalized spacial score (nSPS) is 16.9. The lowest BCUT2D eigenvalue weighted by atomic mass is 10.1. The summed E-state index contributed by atoms with van der Waals surface area (Å²) in [6.45, 7) is 5.28. The number of benzene rings is 1. The number of hydrogen-bond donors (Lipinski definition) is 1. The van der Waals surface area contributed by atoms with Crippen LogP contribution in [0.3, 0.4) is 0 Å². The summed E-state index contributed by atoms with van der Waals surface area (Å²) in [6, 6.07) is 1.75. The van der Waals surface area contributed by atoms with E-state index < -0.39 is 17.5 Å². The molecular formula is C17H19FN2O4. The van der Waals surface area contributed by atoms with E-state index in [1.165, 1.54) is 0 Å². The van der Waals surface area contributed by atoms with E-state index in [-0.39, 0.29) is 23.9 Å². The molecule has 0 fully saturated rings. The van der Waals surface area contributed by atoms with Crippen LogP contribution in [0.4, 0.5) is 9.18 Å². The standard InChI is InChI=1S/C17H19FN2O4/c1-17(2,3)24-16(22)19-7-13-20-12-6-10-4-9(8-21)5-11(10)14(18)15(12)23-13/h6,8-9H,4-5,7H2,1-3H3,(H,19,22). The molecule has 128 valence electrons. The molecule has 1 atom stereocenters. The van der Waals surface area contributed by atoms with Crippen molar-refractivity contribution in [3.63, 3.8) is 0 Å². The number of rotatable bonds is 3. The Labute approximate surface area is 138 Å². The molecule has 24 heavy (non-hydrogen) atoms. The molecule has 1 heterocycles. The van der Waals surface area contributed by atoms with Gasteiger partial charge in [-0.3, -0.25) is 0 Å². The number of alkyl carbamates (subject to hydrolysis) is 1. The zero-order valence-electron chi connectivity index (χ0n) is 13.8. The minimum atomic E-state index is -0.604. The van der Waals surface area contributed by atoms with Gasteiger partial charge in [0.05, 0.1) is 6.54 Å². The molecule has 6 nitrogen and oxygen atoms in total. The fourth-order valence-corrected chi connectivity index (χ4v) is 2.82. The molecule has 0 bridgehead atoms. The molecule has 0 spiro atoms. The zero-order valence-corrected chi connectivity index (χ0v) is 13.8. The van der Waals surface area contributed by atoms with Gasteiger partial charge in [-0.25, -0.2) is 14.2 Å². The predicted octanol–water partition coefficient (Wildman–Crippen LogP) is 2.91. The number of amides is 1.